The summed E-state index contributed by atoms with van der Waals surface area (Å²) in [6.07, 6.45) is 6.00. The Morgan fingerprint density at radius 3 is 2.65 bits per heavy atom. The number of hydrogen-bond acceptors (Lipinski definition) is 2. The fraction of sp³-hybridized carbons (Fsp3) is 0.556. The molecular formula is C18H24O2. The van der Waals surface area contributed by atoms with Gasteiger partial charge in [-0.15, -0.1) is 0 Å². The summed E-state index contributed by atoms with van der Waals surface area (Å²) >= 11 is 0. The van der Waals surface area contributed by atoms with Gasteiger partial charge >= 0.3 is 0 Å². The van der Waals surface area contributed by atoms with Gasteiger partial charge in [0.2, 0.25) is 0 Å². The maximum atomic E-state index is 10.3. The Morgan fingerprint density at radius 1 is 1.15 bits per heavy atom. The molecule has 0 aromatic heterocycles. The van der Waals surface area contributed by atoms with E-state index in [9.17, 15) is 10.2 Å². The molecule has 1 aromatic rings. The zero-order valence-corrected chi connectivity index (χ0v) is 12.6. The minimum Gasteiger partial charge on any atom is -0.508 e. The predicted octanol–water partition coefficient (Wildman–Crippen LogP) is 3.83. The van der Waals surface area contributed by atoms with Crippen LogP contribution in [0.1, 0.15) is 49.8 Å². The van der Waals surface area contributed by atoms with Gasteiger partial charge in [0.15, 0.2) is 0 Å². The Balaban J connectivity index is 2.05. The van der Waals surface area contributed by atoms with Crippen LogP contribution < -0.4 is 0 Å². The van der Waals surface area contributed by atoms with Crippen LogP contribution in [0.2, 0.25) is 0 Å². The fourth-order valence-corrected chi connectivity index (χ4v) is 3.91. The van der Waals surface area contributed by atoms with Crippen LogP contribution in [0, 0.1) is 18.3 Å². The molecule has 2 heteroatoms. The molecule has 2 aliphatic carbocycles. The summed E-state index contributed by atoms with van der Waals surface area (Å²) in [5.74, 6) is 0.829. The van der Waals surface area contributed by atoms with Crippen molar-refractivity contribution in [3.63, 3.8) is 0 Å². The topological polar surface area (TPSA) is 40.5 Å². The molecule has 2 aliphatic rings. The normalized spacial score (nSPS) is 28.1. The highest BCUT2D eigenvalue weighted by atomic mass is 16.3. The minimum atomic E-state index is -0.207. The second-order valence-electron chi connectivity index (χ2n) is 7.02. The Kier molecular flexibility index (Phi) is 3.17. The van der Waals surface area contributed by atoms with Crippen LogP contribution in [0.4, 0.5) is 0 Å². The molecule has 0 saturated heterocycles. The number of aromatic hydroxyl groups is 1. The molecule has 2 atom stereocenters. The van der Waals surface area contributed by atoms with Crippen molar-refractivity contribution >= 4 is 6.08 Å². The van der Waals surface area contributed by atoms with Crippen molar-refractivity contribution in [3.05, 3.63) is 34.4 Å². The molecule has 108 valence electrons. The first kappa shape index (κ1) is 13.7. The molecule has 0 spiro atoms. The average Bonchev–Trinajstić information content (AvgIpc) is 2.55. The molecule has 0 radical (unpaired) electrons. The van der Waals surface area contributed by atoms with Crippen molar-refractivity contribution in [1.29, 1.82) is 0 Å². The number of benzene rings is 1. The fourth-order valence-electron chi connectivity index (χ4n) is 3.91. The summed E-state index contributed by atoms with van der Waals surface area (Å²) in [6, 6.07) is 4.01. The van der Waals surface area contributed by atoms with Gasteiger partial charge in [0, 0.05) is 0 Å². The minimum absolute atomic E-state index is 0.0524. The summed E-state index contributed by atoms with van der Waals surface area (Å²) in [6.45, 7) is 6.33. The molecule has 1 saturated carbocycles. The molecule has 0 aliphatic heterocycles. The SMILES string of the molecule is Cc1cc2c(cc1O)C=C1CCC(O)C(C)(C)C1CC2. The predicted molar refractivity (Wildman–Crippen MR) is 81.7 cm³/mol. The van der Waals surface area contributed by atoms with Crippen LogP contribution in [-0.2, 0) is 6.42 Å². The molecule has 1 aromatic carbocycles. The summed E-state index contributed by atoms with van der Waals surface area (Å²) in [5, 5.41) is 20.2. The van der Waals surface area contributed by atoms with Gasteiger partial charge in [-0.2, -0.15) is 0 Å². The number of rotatable bonds is 0. The Labute approximate surface area is 121 Å². The zero-order chi connectivity index (χ0) is 14.5. The average molecular weight is 272 g/mol. The summed E-state index contributed by atoms with van der Waals surface area (Å²) < 4.78 is 0. The van der Waals surface area contributed by atoms with Crippen molar-refractivity contribution in [2.24, 2.45) is 11.3 Å². The molecule has 2 unspecified atom stereocenters. The first-order valence-electron chi connectivity index (χ1n) is 7.60. The van der Waals surface area contributed by atoms with Gasteiger partial charge in [0.25, 0.3) is 0 Å². The van der Waals surface area contributed by atoms with Gasteiger partial charge in [0.05, 0.1) is 6.10 Å². The van der Waals surface area contributed by atoms with E-state index in [1.165, 1.54) is 11.1 Å². The monoisotopic (exact) mass is 272 g/mol. The highest BCUT2D eigenvalue weighted by Crippen LogP contribution is 2.48. The van der Waals surface area contributed by atoms with Crippen LogP contribution in [-0.4, -0.2) is 16.3 Å². The lowest BCUT2D eigenvalue weighted by atomic mass is 9.63. The van der Waals surface area contributed by atoms with E-state index in [4.69, 9.17) is 0 Å². The largest absolute Gasteiger partial charge is 0.508 e. The smallest absolute Gasteiger partial charge is 0.119 e. The maximum Gasteiger partial charge on any atom is 0.119 e. The van der Waals surface area contributed by atoms with Gasteiger partial charge in [-0.05, 0) is 66.7 Å². The standard InChI is InChI=1S/C18H24O2/c1-11-8-12-4-6-15-13(9-14(12)10-16(11)19)5-7-17(20)18(15,2)3/h8-10,15,17,19-20H,4-7H2,1-3H3. The number of phenols is 1. The third-order valence-electron chi connectivity index (χ3n) is 5.41. The molecule has 1 fully saturated rings. The molecule has 2 nitrogen and oxygen atoms in total. The van der Waals surface area contributed by atoms with Crippen molar-refractivity contribution in [1.82, 2.24) is 0 Å². The lowest BCUT2D eigenvalue weighted by Gasteiger charge is -2.44. The van der Waals surface area contributed by atoms with Crippen LogP contribution in [0.3, 0.4) is 0 Å². The second kappa shape index (κ2) is 4.63. The lowest BCUT2D eigenvalue weighted by molar-refractivity contribution is -0.00826. The number of hydrogen-bond donors (Lipinski definition) is 2. The van der Waals surface area contributed by atoms with E-state index in [-0.39, 0.29) is 11.5 Å². The third kappa shape index (κ3) is 2.07. The number of aliphatic hydroxyl groups is 1. The van der Waals surface area contributed by atoms with Crippen molar-refractivity contribution < 1.29 is 10.2 Å². The van der Waals surface area contributed by atoms with E-state index in [2.05, 4.69) is 26.0 Å². The number of phenolic OH excluding ortho intramolecular Hbond substituents is 1. The first-order chi connectivity index (χ1) is 9.39. The Morgan fingerprint density at radius 2 is 1.90 bits per heavy atom. The number of fused-ring (bicyclic) bond motifs is 2. The Hall–Kier alpha value is -1.28. The third-order valence-corrected chi connectivity index (χ3v) is 5.41. The van der Waals surface area contributed by atoms with Gasteiger partial charge < -0.3 is 10.2 Å². The molecule has 20 heavy (non-hydrogen) atoms. The van der Waals surface area contributed by atoms with Gasteiger partial charge in [0.1, 0.15) is 5.75 Å². The van der Waals surface area contributed by atoms with Gasteiger partial charge in [-0.3, -0.25) is 0 Å². The molecular weight excluding hydrogens is 248 g/mol. The molecule has 3 rings (SSSR count). The zero-order valence-electron chi connectivity index (χ0n) is 12.6. The van der Waals surface area contributed by atoms with E-state index in [1.807, 2.05) is 13.0 Å². The van der Waals surface area contributed by atoms with E-state index in [1.54, 1.807) is 0 Å². The summed E-state index contributed by atoms with van der Waals surface area (Å²) in [4.78, 5) is 0. The van der Waals surface area contributed by atoms with Crippen LogP contribution in [0.15, 0.2) is 17.7 Å². The van der Waals surface area contributed by atoms with Gasteiger partial charge in [-0.1, -0.05) is 31.6 Å². The van der Waals surface area contributed by atoms with Crippen LogP contribution >= 0.6 is 0 Å². The molecule has 0 heterocycles. The quantitative estimate of drug-likeness (QED) is 0.753. The van der Waals surface area contributed by atoms with E-state index < -0.39 is 0 Å². The van der Waals surface area contributed by atoms with Gasteiger partial charge in [-0.25, -0.2) is 0 Å². The highest BCUT2D eigenvalue weighted by Gasteiger charge is 2.42. The molecule has 0 amide bonds. The van der Waals surface area contributed by atoms with E-state index >= 15 is 0 Å². The Bertz CT molecular complexity index is 569. The lowest BCUT2D eigenvalue weighted by Crippen LogP contribution is -2.41. The highest BCUT2D eigenvalue weighted by molar-refractivity contribution is 5.62. The first-order valence-corrected chi connectivity index (χ1v) is 7.60. The summed E-state index contributed by atoms with van der Waals surface area (Å²) in [5.41, 5.74) is 4.84. The second-order valence-corrected chi connectivity index (χ2v) is 7.02. The molecule has 2 N–H and O–H groups in total. The van der Waals surface area contributed by atoms with Crippen molar-refractivity contribution in [2.75, 3.05) is 0 Å². The summed E-state index contributed by atoms with van der Waals surface area (Å²) in [7, 11) is 0. The number of aliphatic hydroxyl groups excluding tert-OH is 1. The molecule has 0 bridgehead atoms. The number of allylic oxidation sites excluding steroid dienone is 1. The van der Waals surface area contributed by atoms with Crippen LogP contribution in [0.25, 0.3) is 6.08 Å². The van der Waals surface area contributed by atoms with Crippen molar-refractivity contribution in [2.45, 2.75) is 52.6 Å². The maximum absolute atomic E-state index is 10.3. The van der Waals surface area contributed by atoms with Crippen LogP contribution in [0.5, 0.6) is 5.75 Å². The van der Waals surface area contributed by atoms with E-state index in [0.29, 0.717) is 11.7 Å². The number of aryl methyl sites for hydroxylation is 2. The van der Waals surface area contributed by atoms with Crippen molar-refractivity contribution in [3.8, 4) is 5.75 Å². The van der Waals surface area contributed by atoms with E-state index in [0.717, 1.165) is 36.8 Å².